The molecule has 25 heavy (non-hydrogen) atoms. The molecule has 1 aliphatic heterocycles. The number of ether oxygens (including phenoxy) is 1. The largest absolute Gasteiger partial charge is 0.459 e. The molecular formula is C20H30O5. The highest BCUT2D eigenvalue weighted by Gasteiger charge is 2.57. The number of aliphatic hydroxyl groups is 3. The zero-order chi connectivity index (χ0) is 18.4. The highest BCUT2D eigenvalue weighted by molar-refractivity contribution is 5.91. The van der Waals surface area contributed by atoms with E-state index in [9.17, 15) is 20.1 Å². The van der Waals surface area contributed by atoms with Crippen molar-refractivity contribution in [2.45, 2.75) is 58.2 Å². The van der Waals surface area contributed by atoms with Gasteiger partial charge in [0.05, 0.1) is 18.3 Å². The number of esters is 1. The van der Waals surface area contributed by atoms with Crippen LogP contribution in [0.5, 0.6) is 0 Å². The summed E-state index contributed by atoms with van der Waals surface area (Å²) >= 11 is 0. The molecule has 1 saturated heterocycles. The van der Waals surface area contributed by atoms with Crippen molar-refractivity contribution in [2.24, 2.45) is 22.7 Å². The minimum atomic E-state index is -0.844. The van der Waals surface area contributed by atoms with Crippen LogP contribution < -0.4 is 0 Å². The molecule has 0 bridgehead atoms. The van der Waals surface area contributed by atoms with E-state index >= 15 is 0 Å². The summed E-state index contributed by atoms with van der Waals surface area (Å²) in [4.78, 5) is 11.8. The van der Waals surface area contributed by atoms with Crippen LogP contribution in [0.3, 0.4) is 0 Å². The fourth-order valence-electron chi connectivity index (χ4n) is 5.56. The van der Waals surface area contributed by atoms with Crippen molar-refractivity contribution >= 4 is 5.97 Å². The van der Waals surface area contributed by atoms with Crippen molar-refractivity contribution < 1.29 is 24.9 Å². The Labute approximate surface area is 149 Å². The van der Waals surface area contributed by atoms with Gasteiger partial charge in [-0.3, -0.25) is 0 Å². The number of hydrogen-bond acceptors (Lipinski definition) is 5. The summed E-state index contributed by atoms with van der Waals surface area (Å²) in [5.74, 6) is -0.0734. The highest BCUT2D eigenvalue weighted by atomic mass is 16.6. The van der Waals surface area contributed by atoms with Crippen molar-refractivity contribution in [3.8, 4) is 0 Å². The van der Waals surface area contributed by atoms with Gasteiger partial charge in [0.1, 0.15) is 12.7 Å². The fourth-order valence-corrected chi connectivity index (χ4v) is 5.56. The Hall–Kier alpha value is -1.17. The standard InChI is InChI=1S/C20H30O5/c1-12-4-7-16-19(2,9-8-17(23)20(16,3)11-21)14(12)6-5-13-15(22)10-25-18(13)24/h5,14-17,21-23H,1,4,6-11H2,2-3H3/t14?,15?,16?,17?,19-,20-/m0/s1. The van der Waals surface area contributed by atoms with Gasteiger partial charge in [0.2, 0.25) is 0 Å². The third-order valence-electron chi connectivity index (χ3n) is 7.23. The summed E-state index contributed by atoms with van der Waals surface area (Å²) in [6.45, 7) is 8.50. The van der Waals surface area contributed by atoms with Gasteiger partial charge < -0.3 is 20.1 Å². The molecule has 3 rings (SSSR count). The van der Waals surface area contributed by atoms with Gasteiger partial charge in [-0.25, -0.2) is 4.79 Å². The van der Waals surface area contributed by atoms with Crippen LogP contribution in [0.15, 0.2) is 23.8 Å². The summed E-state index contributed by atoms with van der Waals surface area (Å²) in [5, 5.41) is 30.4. The minimum Gasteiger partial charge on any atom is -0.459 e. The first-order valence-corrected chi connectivity index (χ1v) is 9.26. The Morgan fingerprint density at radius 1 is 1.32 bits per heavy atom. The van der Waals surface area contributed by atoms with Gasteiger partial charge >= 0.3 is 5.97 Å². The van der Waals surface area contributed by atoms with Gasteiger partial charge in [-0.15, -0.1) is 0 Å². The lowest BCUT2D eigenvalue weighted by atomic mass is 9.46. The zero-order valence-electron chi connectivity index (χ0n) is 15.2. The third kappa shape index (κ3) is 2.86. The Kier molecular flexibility index (Phi) is 4.86. The second kappa shape index (κ2) is 6.53. The molecule has 0 radical (unpaired) electrons. The molecule has 3 aliphatic rings. The van der Waals surface area contributed by atoms with E-state index in [4.69, 9.17) is 4.74 Å². The van der Waals surface area contributed by atoms with E-state index in [0.29, 0.717) is 18.4 Å². The normalized spacial score (nSPS) is 46.2. The highest BCUT2D eigenvalue weighted by Crippen LogP contribution is 2.61. The van der Waals surface area contributed by atoms with Gasteiger partial charge in [-0.2, -0.15) is 0 Å². The second-order valence-electron chi connectivity index (χ2n) is 8.54. The number of cyclic esters (lactones) is 1. The predicted octanol–water partition coefficient (Wildman–Crippen LogP) is 1.96. The molecule has 0 aromatic rings. The SMILES string of the molecule is C=C1CCC2[C@@](C)(CCC(O)[C@@]2(C)CO)C1CC=C1C(=O)OCC1O. The van der Waals surface area contributed by atoms with Crippen molar-refractivity contribution in [1.82, 2.24) is 0 Å². The van der Waals surface area contributed by atoms with Gasteiger partial charge in [-0.1, -0.05) is 32.1 Å². The van der Waals surface area contributed by atoms with Gasteiger partial charge in [0.25, 0.3) is 0 Å². The third-order valence-corrected chi connectivity index (χ3v) is 7.23. The Morgan fingerprint density at radius 2 is 2.04 bits per heavy atom. The Balaban J connectivity index is 1.89. The monoisotopic (exact) mass is 350 g/mol. The summed E-state index contributed by atoms with van der Waals surface area (Å²) in [7, 11) is 0. The van der Waals surface area contributed by atoms with Crippen LogP contribution >= 0.6 is 0 Å². The number of fused-ring (bicyclic) bond motifs is 1. The predicted molar refractivity (Wildman–Crippen MR) is 93.6 cm³/mol. The maximum Gasteiger partial charge on any atom is 0.336 e. The maximum absolute atomic E-state index is 11.8. The van der Waals surface area contributed by atoms with E-state index in [2.05, 4.69) is 13.5 Å². The van der Waals surface area contributed by atoms with Crippen LogP contribution in [-0.2, 0) is 9.53 Å². The smallest absolute Gasteiger partial charge is 0.336 e. The molecule has 3 N–H and O–H groups in total. The molecule has 2 saturated carbocycles. The lowest BCUT2D eigenvalue weighted by Crippen LogP contribution is -2.57. The Bertz CT molecular complexity index is 597. The molecule has 0 amide bonds. The van der Waals surface area contributed by atoms with Crippen LogP contribution in [0, 0.1) is 22.7 Å². The molecule has 0 spiro atoms. The van der Waals surface area contributed by atoms with Crippen LogP contribution in [0.2, 0.25) is 0 Å². The molecule has 0 aromatic heterocycles. The fraction of sp³-hybridized carbons (Fsp3) is 0.750. The van der Waals surface area contributed by atoms with Crippen molar-refractivity contribution in [3.63, 3.8) is 0 Å². The summed E-state index contributed by atoms with van der Waals surface area (Å²) in [6, 6.07) is 0. The van der Waals surface area contributed by atoms with E-state index in [-0.39, 0.29) is 30.5 Å². The number of allylic oxidation sites excluding steroid dienone is 2. The average molecular weight is 350 g/mol. The number of carbonyl (C=O) groups is 1. The van der Waals surface area contributed by atoms with Gasteiger partial charge in [-0.05, 0) is 49.4 Å². The Morgan fingerprint density at radius 3 is 2.64 bits per heavy atom. The number of aliphatic hydroxyl groups excluding tert-OH is 3. The van der Waals surface area contributed by atoms with E-state index in [0.717, 1.165) is 24.8 Å². The topological polar surface area (TPSA) is 87.0 Å². The van der Waals surface area contributed by atoms with E-state index < -0.39 is 23.6 Å². The molecule has 2 aliphatic carbocycles. The van der Waals surface area contributed by atoms with Gasteiger partial charge in [0.15, 0.2) is 0 Å². The first-order chi connectivity index (χ1) is 11.7. The van der Waals surface area contributed by atoms with Crippen LogP contribution in [0.25, 0.3) is 0 Å². The average Bonchev–Trinajstić information content (AvgIpc) is 2.89. The van der Waals surface area contributed by atoms with Crippen LogP contribution in [-0.4, -0.2) is 46.7 Å². The molecule has 3 fully saturated rings. The maximum atomic E-state index is 11.8. The van der Waals surface area contributed by atoms with Crippen molar-refractivity contribution in [3.05, 3.63) is 23.8 Å². The zero-order valence-corrected chi connectivity index (χ0v) is 15.2. The number of hydrogen-bond donors (Lipinski definition) is 3. The molecule has 6 atom stereocenters. The van der Waals surface area contributed by atoms with Crippen LogP contribution in [0.4, 0.5) is 0 Å². The molecule has 0 aromatic carbocycles. The lowest BCUT2D eigenvalue weighted by molar-refractivity contribution is -0.151. The quantitative estimate of drug-likeness (QED) is 0.411. The first kappa shape index (κ1) is 18.6. The van der Waals surface area contributed by atoms with E-state index in [1.807, 2.05) is 13.0 Å². The summed E-state index contributed by atoms with van der Waals surface area (Å²) in [5.41, 5.74) is 0.911. The summed E-state index contributed by atoms with van der Waals surface area (Å²) < 4.78 is 4.90. The lowest BCUT2D eigenvalue weighted by Gasteiger charge is -2.59. The molecule has 140 valence electrons. The first-order valence-electron chi connectivity index (χ1n) is 9.26. The summed E-state index contributed by atoms with van der Waals surface area (Å²) in [6.07, 6.45) is 4.42. The molecule has 4 unspecified atom stereocenters. The number of carbonyl (C=O) groups excluding carboxylic acids is 1. The van der Waals surface area contributed by atoms with E-state index in [1.165, 1.54) is 0 Å². The van der Waals surface area contributed by atoms with Crippen molar-refractivity contribution in [1.29, 1.82) is 0 Å². The van der Waals surface area contributed by atoms with E-state index in [1.54, 1.807) is 0 Å². The molecular weight excluding hydrogens is 320 g/mol. The van der Waals surface area contributed by atoms with Crippen LogP contribution in [0.1, 0.15) is 46.0 Å². The molecule has 1 heterocycles. The molecule has 5 nitrogen and oxygen atoms in total. The minimum absolute atomic E-state index is 0.0280. The second-order valence-corrected chi connectivity index (χ2v) is 8.54. The van der Waals surface area contributed by atoms with Gasteiger partial charge in [0, 0.05) is 5.41 Å². The molecule has 5 heteroatoms. The van der Waals surface area contributed by atoms with Crippen molar-refractivity contribution in [2.75, 3.05) is 13.2 Å². The number of rotatable bonds is 3.